The minimum Gasteiger partial charge on any atom is -0.491 e. The Kier molecular flexibility index (Phi) is 4.09. The normalized spacial score (nSPS) is 16.2. The van der Waals surface area contributed by atoms with Crippen molar-refractivity contribution in [3.8, 4) is 5.75 Å². The van der Waals surface area contributed by atoms with Crippen LogP contribution in [0.1, 0.15) is 32.6 Å². The van der Waals surface area contributed by atoms with Gasteiger partial charge in [0.1, 0.15) is 5.75 Å². The van der Waals surface area contributed by atoms with E-state index >= 15 is 0 Å². The lowest BCUT2D eigenvalue weighted by molar-refractivity contribution is 0.317. The lowest BCUT2D eigenvalue weighted by atomic mass is 10.1. The van der Waals surface area contributed by atoms with Crippen molar-refractivity contribution in [1.29, 1.82) is 0 Å². The number of piperidine rings is 1. The molecule has 1 saturated heterocycles. The van der Waals surface area contributed by atoms with Crippen LogP contribution in [0.4, 0.5) is 5.69 Å². The molecule has 0 atom stereocenters. The van der Waals surface area contributed by atoms with Crippen molar-refractivity contribution < 1.29 is 4.74 Å². The zero-order valence-corrected chi connectivity index (χ0v) is 10.1. The minimum absolute atomic E-state index is 0.810. The Bertz CT molecular complexity index is 318. The summed E-state index contributed by atoms with van der Waals surface area (Å²) in [4.78, 5) is 2.45. The molecule has 1 aromatic rings. The maximum Gasteiger partial charge on any atom is 0.142 e. The monoisotopic (exact) mass is 219 g/mol. The van der Waals surface area contributed by atoms with Gasteiger partial charge in [-0.2, -0.15) is 0 Å². The fourth-order valence-corrected chi connectivity index (χ4v) is 2.19. The summed E-state index contributed by atoms with van der Waals surface area (Å²) in [6, 6.07) is 8.41. The van der Waals surface area contributed by atoms with E-state index < -0.39 is 0 Å². The van der Waals surface area contributed by atoms with Gasteiger partial charge >= 0.3 is 0 Å². The first kappa shape index (κ1) is 11.3. The summed E-state index contributed by atoms with van der Waals surface area (Å²) in [5.41, 5.74) is 1.27. The summed E-state index contributed by atoms with van der Waals surface area (Å²) in [6.07, 6.45) is 5.05. The molecular weight excluding hydrogens is 198 g/mol. The summed E-state index contributed by atoms with van der Waals surface area (Å²) in [6.45, 7) is 5.30. The van der Waals surface area contributed by atoms with Crippen LogP contribution in [0, 0.1) is 0 Å². The second-order valence-corrected chi connectivity index (χ2v) is 4.36. The summed E-state index contributed by atoms with van der Waals surface area (Å²) >= 11 is 0. The molecule has 0 aromatic heterocycles. The molecule has 0 spiro atoms. The molecule has 0 aliphatic carbocycles. The van der Waals surface area contributed by atoms with Crippen LogP contribution in [0.2, 0.25) is 0 Å². The fourth-order valence-electron chi connectivity index (χ4n) is 2.19. The third-order valence-electron chi connectivity index (χ3n) is 3.02. The van der Waals surface area contributed by atoms with Gasteiger partial charge in [0.05, 0.1) is 12.3 Å². The van der Waals surface area contributed by atoms with Gasteiger partial charge in [0.15, 0.2) is 0 Å². The fraction of sp³-hybridized carbons (Fsp3) is 0.571. The standard InChI is InChI=1S/C14H21NO/c1-2-12-16-14-9-5-4-8-13(14)15-10-6-3-7-11-15/h4-5,8-9H,2-3,6-7,10-12H2,1H3. The Morgan fingerprint density at radius 3 is 2.62 bits per heavy atom. The van der Waals surface area contributed by atoms with Crippen LogP contribution in [0.5, 0.6) is 5.75 Å². The molecule has 0 unspecified atom stereocenters. The Hall–Kier alpha value is -1.18. The first-order valence-corrected chi connectivity index (χ1v) is 6.38. The van der Waals surface area contributed by atoms with E-state index in [9.17, 15) is 0 Å². The van der Waals surface area contributed by atoms with Gasteiger partial charge in [-0.05, 0) is 37.8 Å². The average molecular weight is 219 g/mol. The number of nitrogens with zero attached hydrogens (tertiary/aromatic N) is 1. The van der Waals surface area contributed by atoms with Crippen LogP contribution in [0.25, 0.3) is 0 Å². The van der Waals surface area contributed by atoms with Crippen molar-refractivity contribution in [2.24, 2.45) is 0 Å². The molecule has 1 fully saturated rings. The van der Waals surface area contributed by atoms with E-state index in [1.807, 2.05) is 0 Å². The molecule has 88 valence electrons. The van der Waals surface area contributed by atoms with Crippen LogP contribution in [-0.2, 0) is 0 Å². The summed E-state index contributed by atoms with van der Waals surface area (Å²) in [5, 5.41) is 0. The summed E-state index contributed by atoms with van der Waals surface area (Å²) in [5.74, 6) is 1.05. The number of ether oxygens (including phenoxy) is 1. The zero-order valence-electron chi connectivity index (χ0n) is 10.1. The smallest absolute Gasteiger partial charge is 0.142 e. The Balaban J connectivity index is 2.11. The lowest BCUT2D eigenvalue weighted by Gasteiger charge is -2.30. The van der Waals surface area contributed by atoms with Gasteiger partial charge in [-0.25, -0.2) is 0 Å². The van der Waals surface area contributed by atoms with E-state index in [0.29, 0.717) is 0 Å². The van der Waals surface area contributed by atoms with Crippen LogP contribution >= 0.6 is 0 Å². The first-order chi connectivity index (χ1) is 7.92. The highest BCUT2D eigenvalue weighted by molar-refractivity contribution is 5.58. The van der Waals surface area contributed by atoms with Crippen LogP contribution < -0.4 is 9.64 Å². The van der Waals surface area contributed by atoms with Crippen LogP contribution in [0.3, 0.4) is 0 Å². The van der Waals surface area contributed by atoms with Crippen molar-refractivity contribution in [2.45, 2.75) is 32.6 Å². The van der Waals surface area contributed by atoms with E-state index in [4.69, 9.17) is 4.74 Å². The minimum atomic E-state index is 0.810. The molecule has 0 N–H and O–H groups in total. The van der Waals surface area contributed by atoms with Crippen molar-refractivity contribution in [2.75, 3.05) is 24.6 Å². The van der Waals surface area contributed by atoms with Crippen LogP contribution in [-0.4, -0.2) is 19.7 Å². The molecular formula is C14H21NO. The number of benzene rings is 1. The molecule has 1 aliphatic rings. The second-order valence-electron chi connectivity index (χ2n) is 4.36. The third-order valence-corrected chi connectivity index (χ3v) is 3.02. The number of hydrogen-bond acceptors (Lipinski definition) is 2. The molecule has 2 heteroatoms. The Morgan fingerprint density at radius 2 is 1.88 bits per heavy atom. The number of anilines is 1. The van der Waals surface area contributed by atoms with Gasteiger partial charge in [0, 0.05) is 13.1 Å². The van der Waals surface area contributed by atoms with Crippen molar-refractivity contribution in [1.82, 2.24) is 0 Å². The molecule has 2 rings (SSSR count). The average Bonchev–Trinajstić information content (AvgIpc) is 2.38. The summed E-state index contributed by atoms with van der Waals surface area (Å²) < 4.78 is 5.80. The largest absolute Gasteiger partial charge is 0.491 e. The highest BCUT2D eigenvalue weighted by Gasteiger charge is 2.14. The molecule has 1 aromatic carbocycles. The predicted octanol–water partition coefficient (Wildman–Crippen LogP) is 3.47. The maximum atomic E-state index is 5.80. The quantitative estimate of drug-likeness (QED) is 0.769. The van der Waals surface area contributed by atoms with E-state index in [-0.39, 0.29) is 0 Å². The van der Waals surface area contributed by atoms with E-state index in [1.54, 1.807) is 0 Å². The second kappa shape index (κ2) is 5.78. The van der Waals surface area contributed by atoms with E-state index in [1.165, 1.54) is 38.0 Å². The first-order valence-electron chi connectivity index (χ1n) is 6.38. The molecule has 1 aliphatic heterocycles. The van der Waals surface area contributed by atoms with Gasteiger partial charge in [-0.3, -0.25) is 0 Å². The highest BCUT2D eigenvalue weighted by atomic mass is 16.5. The summed E-state index contributed by atoms with van der Waals surface area (Å²) in [7, 11) is 0. The van der Waals surface area contributed by atoms with Crippen LogP contribution in [0.15, 0.2) is 24.3 Å². The highest BCUT2D eigenvalue weighted by Crippen LogP contribution is 2.30. The number of rotatable bonds is 4. The third kappa shape index (κ3) is 2.69. The van der Waals surface area contributed by atoms with Crippen molar-refractivity contribution in [3.05, 3.63) is 24.3 Å². The number of hydrogen-bond donors (Lipinski definition) is 0. The number of para-hydroxylation sites is 2. The molecule has 0 radical (unpaired) electrons. The maximum absolute atomic E-state index is 5.80. The van der Waals surface area contributed by atoms with Crippen molar-refractivity contribution in [3.63, 3.8) is 0 Å². The van der Waals surface area contributed by atoms with Gasteiger partial charge in [-0.15, -0.1) is 0 Å². The topological polar surface area (TPSA) is 12.5 Å². The zero-order chi connectivity index (χ0) is 11.2. The van der Waals surface area contributed by atoms with Gasteiger partial charge < -0.3 is 9.64 Å². The van der Waals surface area contributed by atoms with E-state index in [0.717, 1.165) is 18.8 Å². The van der Waals surface area contributed by atoms with Crippen molar-refractivity contribution >= 4 is 5.69 Å². The predicted molar refractivity (Wildman–Crippen MR) is 68.3 cm³/mol. The Morgan fingerprint density at radius 1 is 1.12 bits per heavy atom. The van der Waals surface area contributed by atoms with E-state index in [2.05, 4.69) is 36.1 Å². The SMILES string of the molecule is CCCOc1ccccc1N1CCCCC1. The molecule has 0 amide bonds. The van der Waals surface area contributed by atoms with Gasteiger partial charge in [-0.1, -0.05) is 19.1 Å². The molecule has 1 heterocycles. The Labute approximate surface area is 98.2 Å². The lowest BCUT2D eigenvalue weighted by Crippen LogP contribution is -2.29. The molecule has 0 saturated carbocycles. The molecule has 2 nitrogen and oxygen atoms in total. The van der Waals surface area contributed by atoms with Gasteiger partial charge in [0.2, 0.25) is 0 Å². The molecule has 16 heavy (non-hydrogen) atoms. The van der Waals surface area contributed by atoms with Gasteiger partial charge in [0.25, 0.3) is 0 Å². The molecule has 0 bridgehead atoms.